The highest BCUT2D eigenvalue weighted by molar-refractivity contribution is 5.74. The Morgan fingerprint density at radius 1 is 0.577 bits per heavy atom. The molecule has 0 aliphatic rings. The number of aliphatic carboxylic acids is 1. The van der Waals surface area contributed by atoms with E-state index in [0.29, 0.717) is 0 Å². The molecule has 0 heterocycles. The fourth-order valence-electron chi connectivity index (χ4n) is 3.81. The van der Waals surface area contributed by atoms with Crippen LogP contribution >= 0.6 is 0 Å². The van der Waals surface area contributed by atoms with Gasteiger partial charge < -0.3 is 5.11 Å². The van der Waals surface area contributed by atoms with Crippen molar-refractivity contribution in [3.8, 4) is 0 Å². The molecule has 2 nitrogen and oxygen atoms in total. The quantitative estimate of drug-likeness (QED) is 0.219. The molecular weight excluding hydrogens is 320 g/mol. The largest absolute Gasteiger partial charge is 0.481 e. The summed E-state index contributed by atoms with van der Waals surface area (Å²) in [7, 11) is 0. The first-order chi connectivity index (χ1) is 12.6. The Labute approximate surface area is 164 Å². The van der Waals surface area contributed by atoms with Crippen LogP contribution in [0.25, 0.3) is 0 Å². The molecule has 0 bridgehead atoms. The van der Waals surface area contributed by atoms with E-state index in [2.05, 4.69) is 13.8 Å². The number of rotatable bonds is 20. The molecule has 1 unspecified atom stereocenters. The van der Waals surface area contributed by atoms with Gasteiger partial charge in [0.1, 0.15) is 0 Å². The summed E-state index contributed by atoms with van der Waals surface area (Å²) in [6.45, 7) is 6.48. The average molecular weight is 369 g/mol. The van der Waals surface area contributed by atoms with Crippen molar-refractivity contribution in [2.75, 3.05) is 0 Å². The van der Waals surface area contributed by atoms with Crippen LogP contribution in [-0.2, 0) is 4.79 Å². The molecule has 0 amide bonds. The van der Waals surface area contributed by atoms with Gasteiger partial charge in [0.15, 0.2) is 0 Å². The van der Waals surface area contributed by atoms with Gasteiger partial charge in [-0.2, -0.15) is 0 Å². The summed E-state index contributed by atoms with van der Waals surface area (Å²) in [5.74, 6) is -0.583. The highest BCUT2D eigenvalue weighted by Crippen LogP contribution is 2.32. The van der Waals surface area contributed by atoms with E-state index in [1.54, 1.807) is 0 Å². The molecule has 156 valence electrons. The van der Waals surface area contributed by atoms with Crippen molar-refractivity contribution >= 4 is 5.97 Å². The minimum Gasteiger partial charge on any atom is -0.481 e. The van der Waals surface area contributed by atoms with Crippen LogP contribution in [-0.4, -0.2) is 11.1 Å². The topological polar surface area (TPSA) is 37.3 Å². The van der Waals surface area contributed by atoms with Crippen molar-refractivity contribution in [3.63, 3.8) is 0 Å². The minimum atomic E-state index is -0.583. The first kappa shape index (κ1) is 25.5. The fourth-order valence-corrected chi connectivity index (χ4v) is 3.81. The van der Waals surface area contributed by atoms with Gasteiger partial charge in [0.25, 0.3) is 0 Å². The van der Waals surface area contributed by atoms with E-state index in [-0.39, 0.29) is 0 Å². The van der Waals surface area contributed by atoms with E-state index in [9.17, 15) is 9.90 Å². The summed E-state index contributed by atoms with van der Waals surface area (Å²) in [6, 6.07) is 0. The Bertz CT molecular complexity index is 313. The third-order valence-corrected chi connectivity index (χ3v) is 5.93. The van der Waals surface area contributed by atoms with Crippen LogP contribution in [0.3, 0.4) is 0 Å². The second kappa shape index (κ2) is 17.9. The number of carbonyl (C=O) groups is 1. The average Bonchev–Trinajstić information content (AvgIpc) is 2.62. The lowest BCUT2D eigenvalue weighted by atomic mass is 9.80. The predicted octanol–water partition coefficient (Wildman–Crippen LogP) is 8.53. The summed E-state index contributed by atoms with van der Waals surface area (Å²) < 4.78 is 0. The number of hydrogen-bond acceptors (Lipinski definition) is 1. The smallest absolute Gasteiger partial charge is 0.309 e. The monoisotopic (exact) mass is 368 g/mol. The summed E-state index contributed by atoms with van der Waals surface area (Å²) in [4.78, 5) is 11.7. The van der Waals surface area contributed by atoms with E-state index in [4.69, 9.17) is 0 Å². The van der Waals surface area contributed by atoms with Crippen LogP contribution in [0.15, 0.2) is 0 Å². The Balaban J connectivity index is 3.70. The second-order valence-corrected chi connectivity index (χ2v) is 8.67. The number of hydrogen-bond donors (Lipinski definition) is 1. The zero-order chi connectivity index (χ0) is 19.5. The molecule has 0 rings (SSSR count). The molecule has 0 aliphatic carbocycles. The Morgan fingerprint density at radius 2 is 0.846 bits per heavy atom. The summed E-state index contributed by atoms with van der Waals surface area (Å²) in [5, 5.41) is 9.66. The lowest BCUT2D eigenvalue weighted by Crippen LogP contribution is -2.27. The van der Waals surface area contributed by atoms with Crippen molar-refractivity contribution < 1.29 is 9.90 Å². The van der Waals surface area contributed by atoms with Gasteiger partial charge in [-0.3, -0.25) is 4.79 Å². The highest BCUT2D eigenvalue weighted by atomic mass is 16.4. The molecule has 1 N–H and O–H groups in total. The number of carboxylic acids is 1. The Kier molecular flexibility index (Phi) is 17.5. The molecule has 0 aromatic heterocycles. The van der Waals surface area contributed by atoms with Crippen molar-refractivity contribution in [1.29, 1.82) is 0 Å². The van der Waals surface area contributed by atoms with Gasteiger partial charge in [0.05, 0.1) is 5.41 Å². The van der Waals surface area contributed by atoms with E-state index in [1.165, 1.54) is 96.3 Å². The molecule has 26 heavy (non-hydrogen) atoms. The molecule has 0 aromatic rings. The zero-order valence-electron chi connectivity index (χ0n) is 18.3. The van der Waals surface area contributed by atoms with Crippen molar-refractivity contribution in [1.82, 2.24) is 0 Å². The lowest BCUT2D eigenvalue weighted by Gasteiger charge is -2.24. The van der Waals surface area contributed by atoms with E-state index >= 15 is 0 Å². The SMILES string of the molecule is CCCCCCCCCCCC(C)(CCCCCCCCCC)C(=O)O. The van der Waals surface area contributed by atoms with Gasteiger partial charge in [-0.25, -0.2) is 0 Å². The zero-order valence-corrected chi connectivity index (χ0v) is 18.3. The standard InChI is InChI=1S/C24H48O2/c1-4-6-8-10-12-14-16-18-20-22-24(3,23(25)26)21-19-17-15-13-11-9-7-5-2/h4-22H2,1-3H3,(H,25,26). The van der Waals surface area contributed by atoms with Crippen LogP contribution in [0.4, 0.5) is 0 Å². The third-order valence-electron chi connectivity index (χ3n) is 5.93. The van der Waals surface area contributed by atoms with Crippen molar-refractivity contribution in [2.45, 2.75) is 143 Å². The lowest BCUT2D eigenvalue weighted by molar-refractivity contribution is -0.149. The number of unbranched alkanes of at least 4 members (excludes halogenated alkanes) is 15. The van der Waals surface area contributed by atoms with Crippen LogP contribution in [0.5, 0.6) is 0 Å². The van der Waals surface area contributed by atoms with E-state index in [1.807, 2.05) is 6.92 Å². The van der Waals surface area contributed by atoms with Gasteiger partial charge >= 0.3 is 5.97 Å². The molecular formula is C24H48O2. The molecule has 0 aromatic carbocycles. The molecule has 0 saturated heterocycles. The molecule has 0 aliphatic heterocycles. The minimum absolute atomic E-state index is 0.497. The summed E-state index contributed by atoms with van der Waals surface area (Å²) in [5.41, 5.74) is -0.497. The summed E-state index contributed by atoms with van der Waals surface area (Å²) >= 11 is 0. The fraction of sp³-hybridized carbons (Fsp3) is 0.958. The molecule has 1 atom stereocenters. The Morgan fingerprint density at radius 3 is 1.12 bits per heavy atom. The summed E-state index contributed by atoms with van der Waals surface area (Å²) in [6.07, 6.45) is 23.6. The molecule has 2 heteroatoms. The van der Waals surface area contributed by atoms with Crippen molar-refractivity contribution in [2.24, 2.45) is 5.41 Å². The Hall–Kier alpha value is -0.530. The normalized spacial score (nSPS) is 13.7. The van der Waals surface area contributed by atoms with Gasteiger partial charge in [-0.15, -0.1) is 0 Å². The van der Waals surface area contributed by atoms with E-state index < -0.39 is 11.4 Å². The van der Waals surface area contributed by atoms with Gasteiger partial charge in [-0.1, -0.05) is 123 Å². The van der Waals surface area contributed by atoms with Gasteiger partial charge in [0.2, 0.25) is 0 Å². The third kappa shape index (κ3) is 14.6. The molecule has 0 saturated carbocycles. The maximum absolute atomic E-state index is 11.7. The predicted molar refractivity (Wildman–Crippen MR) is 115 cm³/mol. The maximum Gasteiger partial charge on any atom is 0.309 e. The molecule has 0 spiro atoms. The first-order valence-electron chi connectivity index (χ1n) is 11.8. The van der Waals surface area contributed by atoms with E-state index in [0.717, 1.165) is 25.7 Å². The number of carboxylic acid groups (broad SMARTS) is 1. The highest BCUT2D eigenvalue weighted by Gasteiger charge is 2.31. The van der Waals surface area contributed by atoms with Crippen molar-refractivity contribution in [3.05, 3.63) is 0 Å². The van der Waals surface area contributed by atoms with Crippen LogP contribution in [0, 0.1) is 5.41 Å². The van der Waals surface area contributed by atoms with Crippen LogP contribution in [0.2, 0.25) is 0 Å². The maximum atomic E-state index is 11.7. The van der Waals surface area contributed by atoms with Crippen LogP contribution in [0.1, 0.15) is 143 Å². The first-order valence-corrected chi connectivity index (χ1v) is 11.8. The van der Waals surface area contributed by atoms with Gasteiger partial charge in [-0.05, 0) is 19.8 Å². The molecule has 0 fully saturated rings. The van der Waals surface area contributed by atoms with Crippen LogP contribution < -0.4 is 0 Å². The molecule has 0 radical (unpaired) electrons. The van der Waals surface area contributed by atoms with Gasteiger partial charge in [0, 0.05) is 0 Å². The second-order valence-electron chi connectivity index (χ2n) is 8.67.